The van der Waals surface area contributed by atoms with Crippen LogP contribution in [0.5, 0.6) is 0 Å². The molecule has 2 aliphatic heterocycles. The minimum Gasteiger partial charge on any atom is -0.339 e. The average molecular weight is 445 g/mol. The summed E-state index contributed by atoms with van der Waals surface area (Å²) >= 11 is 0. The number of fused-ring (bicyclic) bond motifs is 1. The van der Waals surface area contributed by atoms with Gasteiger partial charge in [0.05, 0.1) is 5.56 Å². The zero-order valence-electron chi connectivity index (χ0n) is 17.7. The van der Waals surface area contributed by atoms with Crippen LogP contribution in [0.4, 0.5) is 13.2 Å². The largest absolute Gasteiger partial charge is 0.416 e. The van der Waals surface area contributed by atoms with Crippen molar-refractivity contribution >= 4 is 11.8 Å². The van der Waals surface area contributed by atoms with Gasteiger partial charge in [-0.2, -0.15) is 13.2 Å². The summed E-state index contributed by atoms with van der Waals surface area (Å²) in [4.78, 5) is 33.6. The number of carbonyl (C=O) groups is 2. The number of aromatic nitrogens is 1. The van der Waals surface area contributed by atoms with Gasteiger partial charge in [-0.1, -0.05) is 6.07 Å². The third-order valence-electron chi connectivity index (χ3n) is 6.49. The van der Waals surface area contributed by atoms with Crippen LogP contribution in [0.15, 0.2) is 48.8 Å². The minimum absolute atomic E-state index is 0.113. The van der Waals surface area contributed by atoms with Crippen molar-refractivity contribution in [3.63, 3.8) is 0 Å². The molecule has 0 saturated carbocycles. The Hall–Kier alpha value is -2.90. The number of carbonyl (C=O) groups excluding carboxylic acids is 2. The highest BCUT2D eigenvalue weighted by Gasteiger charge is 2.39. The van der Waals surface area contributed by atoms with Crippen molar-refractivity contribution in [1.29, 1.82) is 0 Å². The quantitative estimate of drug-likeness (QED) is 0.709. The van der Waals surface area contributed by atoms with Gasteiger partial charge < -0.3 is 9.80 Å². The van der Waals surface area contributed by atoms with Crippen LogP contribution >= 0.6 is 0 Å². The van der Waals surface area contributed by atoms with Crippen LogP contribution in [0.2, 0.25) is 0 Å². The van der Waals surface area contributed by atoms with Gasteiger partial charge in [0.1, 0.15) is 0 Å². The van der Waals surface area contributed by atoms with Gasteiger partial charge in [-0.25, -0.2) is 0 Å². The van der Waals surface area contributed by atoms with Crippen molar-refractivity contribution in [2.24, 2.45) is 5.92 Å². The molecule has 0 bridgehead atoms. The molecular weight excluding hydrogens is 419 g/mol. The molecule has 2 aliphatic rings. The summed E-state index contributed by atoms with van der Waals surface area (Å²) in [6.07, 6.45) is 2.67. The average Bonchev–Trinajstić information content (AvgIpc) is 2.81. The van der Waals surface area contributed by atoms with Crippen LogP contribution in [-0.4, -0.2) is 52.3 Å². The summed E-state index contributed by atoms with van der Waals surface area (Å²) in [6.45, 7) is 1.75. The number of likely N-dealkylation sites (tertiary alicyclic amines) is 2. The molecule has 1 aromatic heterocycles. The fraction of sp³-hybridized carbons (Fsp3) is 0.458. The van der Waals surface area contributed by atoms with Crippen LogP contribution in [0.3, 0.4) is 0 Å². The third-order valence-corrected chi connectivity index (χ3v) is 6.49. The fourth-order valence-corrected chi connectivity index (χ4v) is 4.82. The van der Waals surface area contributed by atoms with E-state index in [1.165, 1.54) is 12.1 Å². The van der Waals surface area contributed by atoms with E-state index in [2.05, 4.69) is 4.98 Å². The second-order valence-electron chi connectivity index (χ2n) is 8.53. The predicted molar refractivity (Wildman–Crippen MR) is 113 cm³/mol. The van der Waals surface area contributed by atoms with Crippen LogP contribution in [0.25, 0.3) is 0 Å². The Morgan fingerprint density at radius 2 is 1.84 bits per heavy atom. The number of amides is 2. The number of piperidine rings is 2. The van der Waals surface area contributed by atoms with Crippen molar-refractivity contribution in [3.8, 4) is 0 Å². The number of nitrogens with zero attached hydrogens (tertiary/aromatic N) is 3. The van der Waals surface area contributed by atoms with Crippen molar-refractivity contribution < 1.29 is 22.8 Å². The predicted octanol–water partition coefficient (Wildman–Crippen LogP) is 4.19. The van der Waals surface area contributed by atoms with Crippen LogP contribution in [0.1, 0.15) is 47.2 Å². The Morgan fingerprint density at radius 1 is 1.06 bits per heavy atom. The Labute approximate surface area is 185 Å². The van der Waals surface area contributed by atoms with E-state index in [1.807, 2.05) is 17.0 Å². The maximum absolute atomic E-state index is 12.9. The summed E-state index contributed by atoms with van der Waals surface area (Å²) in [7, 11) is 0. The molecule has 0 spiro atoms. The number of halogens is 3. The number of rotatable bonds is 4. The van der Waals surface area contributed by atoms with Crippen molar-refractivity contribution in [2.75, 3.05) is 19.6 Å². The molecule has 170 valence electrons. The lowest BCUT2D eigenvalue weighted by molar-refractivity contribution is -0.138. The highest BCUT2D eigenvalue weighted by atomic mass is 19.4. The molecule has 0 N–H and O–H groups in total. The van der Waals surface area contributed by atoms with Gasteiger partial charge in [0.25, 0.3) is 5.91 Å². The molecule has 2 atom stereocenters. The number of benzene rings is 1. The second kappa shape index (κ2) is 9.30. The molecule has 5 nitrogen and oxygen atoms in total. The van der Waals surface area contributed by atoms with Gasteiger partial charge in [-0.3, -0.25) is 14.6 Å². The zero-order chi connectivity index (χ0) is 22.7. The number of pyridine rings is 1. The van der Waals surface area contributed by atoms with Gasteiger partial charge in [-0.05, 0) is 67.5 Å². The summed E-state index contributed by atoms with van der Waals surface area (Å²) in [6, 6.07) is 8.32. The Balaban J connectivity index is 1.36. The second-order valence-corrected chi connectivity index (χ2v) is 8.53. The molecule has 2 amide bonds. The number of hydrogen-bond acceptors (Lipinski definition) is 3. The van der Waals surface area contributed by atoms with Gasteiger partial charge in [0, 0.05) is 50.1 Å². The summed E-state index contributed by atoms with van der Waals surface area (Å²) < 4.78 is 38.4. The van der Waals surface area contributed by atoms with E-state index in [1.54, 1.807) is 17.3 Å². The van der Waals surface area contributed by atoms with E-state index < -0.39 is 11.7 Å². The molecule has 8 heteroatoms. The fourth-order valence-electron chi connectivity index (χ4n) is 4.82. The monoisotopic (exact) mass is 445 g/mol. The van der Waals surface area contributed by atoms with E-state index in [-0.39, 0.29) is 29.3 Å². The first kappa shape index (κ1) is 22.3. The van der Waals surface area contributed by atoms with Crippen molar-refractivity contribution in [2.45, 2.75) is 44.3 Å². The minimum atomic E-state index is -4.42. The van der Waals surface area contributed by atoms with E-state index >= 15 is 0 Å². The van der Waals surface area contributed by atoms with Crippen LogP contribution < -0.4 is 0 Å². The molecule has 0 radical (unpaired) electrons. The van der Waals surface area contributed by atoms with E-state index in [0.717, 1.165) is 37.1 Å². The van der Waals surface area contributed by atoms with Gasteiger partial charge >= 0.3 is 6.18 Å². The SMILES string of the molecule is O=C(c1ccc(C(F)(F)F)cc1)N1CC[C@H]2[C@H](CCCN2C(=O)CCc2cccnc2)C1. The maximum atomic E-state index is 12.9. The lowest BCUT2D eigenvalue weighted by atomic mass is 9.83. The Morgan fingerprint density at radius 3 is 2.53 bits per heavy atom. The first-order chi connectivity index (χ1) is 15.3. The number of hydrogen-bond donors (Lipinski definition) is 0. The molecule has 2 saturated heterocycles. The summed E-state index contributed by atoms with van der Waals surface area (Å²) in [5.74, 6) is 0.0708. The normalized spacial score (nSPS) is 21.2. The van der Waals surface area contributed by atoms with Crippen LogP contribution in [0, 0.1) is 5.92 Å². The first-order valence-electron chi connectivity index (χ1n) is 11.0. The maximum Gasteiger partial charge on any atom is 0.416 e. The zero-order valence-corrected chi connectivity index (χ0v) is 17.7. The molecule has 2 aromatic rings. The van der Waals surface area contributed by atoms with Gasteiger partial charge in [0.2, 0.25) is 5.91 Å². The highest BCUT2D eigenvalue weighted by molar-refractivity contribution is 5.94. The Kier molecular flexibility index (Phi) is 6.48. The molecule has 2 fully saturated rings. The van der Waals surface area contributed by atoms with E-state index in [9.17, 15) is 22.8 Å². The van der Waals surface area contributed by atoms with Gasteiger partial charge in [-0.15, -0.1) is 0 Å². The highest BCUT2D eigenvalue weighted by Crippen LogP contribution is 2.33. The summed E-state index contributed by atoms with van der Waals surface area (Å²) in [5, 5.41) is 0. The molecule has 4 rings (SSSR count). The van der Waals surface area contributed by atoms with E-state index in [0.29, 0.717) is 32.4 Å². The lowest BCUT2D eigenvalue weighted by Gasteiger charge is -2.47. The first-order valence-corrected chi connectivity index (χ1v) is 11.0. The van der Waals surface area contributed by atoms with E-state index in [4.69, 9.17) is 0 Å². The molecule has 32 heavy (non-hydrogen) atoms. The van der Waals surface area contributed by atoms with Crippen LogP contribution in [-0.2, 0) is 17.4 Å². The smallest absolute Gasteiger partial charge is 0.339 e. The van der Waals surface area contributed by atoms with Gasteiger partial charge in [0.15, 0.2) is 0 Å². The lowest BCUT2D eigenvalue weighted by Crippen LogP contribution is -2.56. The molecule has 3 heterocycles. The Bertz CT molecular complexity index is 947. The van der Waals surface area contributed by atoms with Crippen molar-refractivity contribution in [3.05, 3.63) is 65.5 Å². The number of aryl methyl sites for hydroxylation is 1. The topological polar surface area (TPSA) is 53.5 Å². The third kappa shape index (κ3) is 4.95. The number of alkyl halides is 3. The summed E-state index contributed by atoms with van der Waals surface area (Å²) in [5.41, 5.74) is 0.531. The molecular formula is C24H26F3N3O2. The molecule has 1 aromatic carbocycles. The standard InChI is InChI=1S/C24H26F3N3O2/c25-24(26,27)20-8-6-18(7-9-20)23(32)29-14-11-21-19(16-29)4-2-13-30(21)22(31)10-5-17-3-1-12-28-15-17/h1,3,6-9,12,15,19,21H,2,4-5,10-11,13-14,16H2/t19-,21+/m1/s1. The molecule has 0 unspecified atom stereocenters. The molecule has 0 aliphatic carbocycles. The van der Waals surface area contributed by atoms with Crippen molar-refractivity contribution in [1.82, 2.24) is 14.8 Å².